The summed E-state index contributed by atoms with van der Waals surface area (Å²) in [5, 5.41) is 16.3. The molecule has 2 N–H and O–H groups in total. The van der Waals surface area contributed by atoms with Crippen molar-refractivity contribution in [2.45, 2.75) is 0 Å². The maximum Gasteiger partial charge on any atom is 0.349 e. The summed E-state index contributed by atoms with van der Waals surface area (Å²) in [6.07, 6.45) is 1.35. The molecule has 6 nitrogen and oxygen atoms in total. The third kappa shape index (κ3) is 3.16. The maximum atomic E-state index is 12.3. The van der Waals surface area contributed by atoms with Gasteiger partial charge in [-0.25, -0.2) is 10.2 Å². The van der Waals surface area contributed by atoms with Gasteiger partial charge in [-0.05, 0) is 29.0 Å². The smallest absolute Gasteiger partial charge is 0.349 e. The molecule has 0 radical (unpaired) electrons. The van der Waals surface area contributed by atoms with Crippen molar-refractivity contribution in [2.75, 3.05) is 0 Å². The van der Waals surface area contributed by atoms with Crippen LogP contribution in [-0.2, 0) is 0 Å². The summed E-state index contributed by atoms with van der Waals surface area (Å²) in [5.74, 6) is -0.651. The average Bonchev–Trinajstić information content (AvgIpc) is 2.69. The number of amides is 1. The monoisotopic (exact) mass is 358 g/mol. The topological polar surface area (TPSA) is 91.9 Å². The Bertz CT molecular complexity index is 1260. The zero-order chi connectivity index (χ0) is 18.8. The summed E-state index contributed by atoms with van der Waals surface area (Å²) in [4.78, 5) is 24.3. The number of nitrogens with one attached hydrogen (secondary N) is 1. The van der Waals surface area contributed by atoms with Crippen LogP contribution in [0.5, 0.6) is 5.75 Å². The van der Waals surface area contributed by atoms with E-state index in [1.54, 1.807) is 36.4 Å². The average molecular weight is 358 g/mol. The van der Waals surface area contributed by atoms with Gasteiger partial charge < -0.3 is 9.52 Å². The number of aromatic hydroxyl groups is 1. The van der Waals surface area contributed by atoms with Gasteiger partial charge in [-0.1, -0.05) is 48.5 Å². The van der Waals surface area contributed by atoms with Crippen LogP contribution in [0.1, 0.15) is 15.9 Å². The van der Waals surface area contributed by atoms with E-state index >= 15 is 0 Å². The Morgan fingerprint density at radius 1 is 1.00 bits per heavy atom. The molecule has 1 heterocycles. The molecule has 0 aliphatic rings. The fourth-order valence-electron chi connectivity index (χ4n) is 2.86. The number of phenolic OH excluding ortho intramolecular Hbond substituents is 1. The van der Waals surface area contributed by atoms with E-state index in [1.807, 2.05) is 24.3 Å². The first-order valence-corrected chi connectivity index (χ1v) is 8.20. The second kappa shape index (κ2) is 6.76. The van der Waals surface area contributed by atoms with Crippen molar-refractivity contribution in [3.05, 3.63) is 88.3 Å². The van der Waals surface area contributed by atoms with Crippen LogP contribution in [0.4, 0.5) is 0 Å². The number of hydrogen-bond donors (Lipinski definition) is 2. The molecule has 0 saturated heterocycles. The van der Waals surface area contributed by atoms with Gasteiger partial charge in [0.15, 0.2) is 0 Å². The largest absolute Gasteiger partial charge is 0.507 e. The highest BCUT2D eigenvalue weighted by molar-refractivity contribution is 6.03. The van der Waals surface area contributed by atoms with Gasteiger partial charge in [0.2, 0.25) is 0 Å². The predicted molar refractivity (Wildman–Crippen MR) is 103 cm³/mol. The lowest BCUT2D eigenvalue weighted by Gasteiger charge is -2.05. The van der Waals surface area contributed by atoms with Gasteiger partial charge in [0, 0.05) is 10.9 Å². The van der Waals surface area contributed by atoms with Crippen LogP contribution in [0.2, 0.25) is 0 Å². The van der Waals surface area contributed by atoms with Gasteiger partial charge in [-0.2, -0.15) is 5.10 Å². The first kappa shape index (κ1) is 16.5. The van der Waals surface area contributed by atoms with Gasteiger partial charge in [0.1, 0.15) is 16.9 Å². The molecule has 0 fully saturated rings. The highest BCUT2D eigenvalue weighted by Crippen LogP contribution is 2.25. The van der Waals surface area contributed by atoms with Crippen molar-refractivity contribution in [2.24, 2.45) is 5.10 Å². The number of fused-ring (bicyclic) bond motifs is 2. The number of hydrazone groups is 1. The number of para-hydroxylation sites is 1. The van der Waals surface area contributed by atoms with Crippen LogP contribution in [-0.4, -0.2) is 17.2 Å². The predicted octanol–water partition coefficient (Wildman–Crippen LogP) is 3.42. The van der Waals surface area contributed by atoms with E-state index in [0.717, 1.165) is 10.8 Å². The Hall–Kier alpha value is -3.93. The number of carbonyl (C=O) groups excluding carboxylic acids is 1. The molecular weight excluding hydrogens is 344 g/mol. The fourth-order valence-corrected chi connectivity index (χ4v) is 2.86. The first-order chi connectivity index (χ1) is 13.1. The molecule has 0 spiro atoms. The van der Waals surface area contributed by atoms with Crippen LogP contribution in [0.15, 0.2) is 81.0 Å². The number of rotatable bonds is 3. The molecule has 6 heteroatoms. The quantitative estimate of drug-likeness (QED) is 0.333. The van der Waals surface area contributed by atoms with E-state index in [-0.39, 0.29) is 11.3 Å². The molecule has 0 atom stereocenters. The standard InChI is InChI=1S/C21H14N2O4/c24-18-10-9-13-5-1-3-7-15(13)17(18)12-22-23-20(25)16-11-14-6-2-4-8-19(14)27-21(16)26/h1-12,24H,(H,23,25)/b22-12+. The molecule has 0 unspecified atom stereocenters. The number of benzene rings is 3. The summed E-state index contributed by atoms with van der Waals surface area (Å²) in [7, 11) is 0. The van der Waals surface area contributed by atoms with E-state index in [0.29, 0.717) is 16.5 Å². The van der Waals surface area contributed by atoms with Crippen molar-refractivity contribution >= 4 is 33.9 Å². The third-order valence-corrected chi connectivity index (χ3v) is 4.19. The molecule has 132 valence electrons. The maximum absolute atomic E-state index is 12.3. The Kier molecular flexibility index (Phi) is 4.14. The highest BCUT2D eigenvalue weighted by atomic mass is 16.4. The molecule has 1 amide bonds. The summed E-state index contributed by atoms with van der Waals surface area (Å²) >= 11 is 0. The lowest BCUT2D eigenvalue weighted by molar-refractivity contribution is 0.0951. The summed E-state index contributed by atoms with van der Waals surface area (Å²) in [6.45, 7) is 0. The zero-order valence-electron chi connectivity index (χ0n) is 14.0. The molecule has 27 heavy (non-hydrogen) atoms. The van der Waals surface area contributed by atoms with Gasteiger partial charge in [0.05, 0.1) is 6.21 Å². The molecule has 1 aromatic heterocycles. The zero-order valence-corrected chi connectivity index (χ0v) is 14.0. The fraction of sp³-hybridized carbons (Fsp3) is 0. The van der Waals surface area contributed by atoms with Crippen LogP contribution in [0.3, 0.4) is 0 Å². The minimum absolute atomic E-state index is 0.0388. The molecule has 0 bridgehead atoms. The van der Waals surface area contributed by atoms with Gasteiger partial charge >= 0.3 is 5.63 Å². The van der Waals surface area contributed by atoms with Crippen molar-refractivity contribution in [3.63, 3.8) is 0 Å². The lowest BCUT2D eigenvalue weighted by Crippen LogP contribution is -2.24. The lowest BCUT2D eigenvalue weighted by atomic mass is 10.0. The van der Waals surface area contributed by atoms with E-state index in [9.17, 15) is 14.7 Å². The minimum atomic E-state index is -0.741. The van der Waals surface area contributed by atoms with Gasteiger partial charge in [-0.15, -0.1) is 0 Å². The number of hydrogen-bond acceptors (Lipinski definition) is 5. The molecular formula is C21H14N2O4. The molecule has 3 aromatic carbocycles. The second-order valence-corrected chi connectivity index (χ2v) is 5.90. The van der Waals surface area contributed by atoms with E-state index in [1.165, 1.54) is 12.3 Å². The van der Waals surface area contributed by atoms with Crippen molar-refractivity contribution < 1.29 is 14.3 Å². The molecule has 4 aromatic rings. The second-order valence-electron chi connectivity index (χ2n) is 5.90. The third-order valence-electron chi connectivity index (χ3n) is 4.19. The summed E-state index contributed by atoms with van der Waals surface area (Å²) in [5.41, 5.74) is 2.29. The Labute approximate surface area is 153 Å². The van der Waals surface area contributed by atoms with Gasteiger partial charge in [-0.3, -0.25) is 4.79 Å². The van der Waals surface area contributed by atoms with Crippen LogP contribution >= 0.6 is 0 Å². The molecule has 4 rings (SSSR count). The number of nitrogens with zero attached hydrogens (tertiary/aromatic N) is 1. The molecule has 0 saturated carbocycles. The van der Waals surface area contributed by atoms with Crippen molar-refractivity contribution in [1.82, 2.24) is 5.43 Å². The SMILES string of the molecule is O=C(N/N=C/c1c(O)ccc2ccccc12)c1cc2ccccc2oc1=O. The Balaban J connectivity index is 1.63. The van der Waals surface area contributed by atoms with Crippen LogP contribution < -0.4 is 11.1 Å². The Morgan fingerprint density at radius 3 is 2.59 bits per heavy atom. The molecule has 0 aliphatic heterocycles. The highest BCUT2D eigenvalue weighted by Gasteiger charge is 2.13. The van der Waals surface area contributed by atoms with Crippen LogP contribution in [0.25, 0.3) is 21.7 Å². The molecule has 0 aliphatic carbocycles. The van der Waals surface area contributed by atoms with Gasteiger partial charge in [0.25, 0.3) is 5.91 Å². The summed E-state index contributed by atoms with van der Waals surface area (Å²) < 4.78 is 5.15. The minimum Gasteiger partial charge on any atom is -0.507 e. The van der Waals surface area contributed by atoms with Crippen LogP contribution in [0, 0.1) is 0 Å². The van der Waals surface area contributed by atoms with E-state index < -0.39 is 11.5 Å². The van der Waals surface area contributed by atoms with E-state index in [4.69, 9.17) is 4.42 Å². The van der Waals surface area contributed by atoms with Crippen molar-refractivity contribution in [1.29, 1.82) is 0 Å². The first-order valence-electron chi connectivity index (χ1n) is 8.20. The number of carbonyl (C=O) groups is 1. The van der Waals surface area contributed by atoms with E-state index in [2.05, 4.69) is 10.5 Å². The van der Waals surface area contributed by atoms with Crippen molar-refractivity contribution in [3.8, 4) is 5.75 Å². The number of phenols is 1. The Morgan fingerprint density at radius 2 is 1.74 bits per heavy atom. The normalized spacial score (nSPS) is 11.3. The summed E-state index contributed by atoms with van der Waals surface area (Å²) in [6, 6.07) is 19.2.